The van der Waals surface area contributed by atoms with Gasteiger partial charge in [0.1, 0.15) is 5.82 Å². The van der Waals surface area contributed by atoms with Crippen LogP contribution >= 0.6 is 0 Å². The fourth-order valence-corrected chi connectivity index (χ4v) is 2.48. The average Bonchev–Trinajstić information content (AvgIpc) is 2.41. The molecule has 0 amide bonds. The molecule has 0 saturated heterocycles. The van der Waals surface area contributed by atoms with Crippen LogP contribution in [0.15, 0.2) is 11.4 Å². The number of carboxylic acid groups (broad SMARTS) is 1. The number of rotatable bonds is 1. The first kappa shape index (κ1) is 10.3. The van der Waals surface area contributed by atoms with Crippen LogP contribution in [0.25, 0.3) is 0 Å². The summed E-state index contributed by atoms with van der Waals surface area (Å²) in [5, 5.41) is 14.4. The summed E-state index contributed by atoms with van der Waals surface area (Å²) in [5.41, 5.74) is 4.17. The summed E-state index contributed by atoms with van der Waals surface area (Å²) in [5.74, 6) is -0.142. The highest BCUT2D eigenvalue weighted by Gasteiger charge is 2.39. The molecule has 2 aliphatic rings. The van der Waals surface area contributed by atoms with E-state index in [-0.39, 0.29) is 18.0 Å². The van der Waals surface area contributed by atoms with Gasteiger partial charge in [-0.05, 0) is 20.3 Å². The number of nitrogens with zero attached hydrogens (tertiary/aromatic N) is 1. The van der Waals surface area contributed by atoms with E-state index < -0.39 is 5.97 Å². The molecule has 0 aliphatic carbocycles. The minimum absolute atomic E-state index is 0.103. The van der Waals surface area contributed by atoms with E-state index in [2.05, 4.69) is 10.7 Å². The Morgan fingerprint density at radius 2 is 2.20 bits per heavy atom. The van der Waals surface area contributed by atoms with Gasteiger partial charge in [-0.15, -0.1) is 0 Å². The summed E-state index contributed by atoms with van der Waals surface area (Å²) >= 11 is 0. The molecule has 2 heterocycles. The van der Waals surface area contributed by atoms with Gasteiger partial charge in [-0.25, -0.2) is 5.43 Å². The first-order chi connectivity index (χ1) is 7.00. The number of aliphatic carboxylic acids is 1. The minimum Gasteiger partial charge on any atom is -0.481 e. The predicted molar refractivity (Wildman–Crippen MR) is 55.7 cm³/mol. The van der Waals surface area contributed by atoms with Crippen molar-refractivity contribution in [2.45, 2.75) is 32.4 Å². The Labute approximate surface area is 89.1 Å². The quantitative estimate of drug-likeness (QED) is 0.575. The zero-order valence-electron chi connectivity index (χ0n) is 9.24. The maximum atomic E-state index is 11.2. The zero-order chi connectivity index (χ0) is 11.2. The molecule has 2 rings (SSSR count). The fraction of sp³-hybridized carbons (Fsp3) is 0.700. The van der Waals surface area contributed by atoms with Crippen molar-refractivity contribution in [2.24, 2.45) is 5.92 Å². The van der Waals surface area contributed by atoms with E-state index in [0.29, 0.717) is 6.42 Å². The third-order valence-electron chi connectivity index (χ3n) is 3.11. The van der Waals surface area contributed by atoms with Crippen molar-refractivity contribution in [3.8, 4) is 0 Å². The van der Waals surface area contributed by atoms with E-state index in [4.69, 9.17) is 0 Å². The Balaban J connectivity index is 2.38. The van der Waals surface area contributed by atoms with E-state index >= 15 is 0 Å². The van der Waals surface area contributed by atoms with Crippen LogP contribution in [0.4, 0.5) is 0 Å². The van der Waals surface area contributed by atoms with E-state index in [1.54, 1.807) is 0 Å². The summed E-state index contributed by atoms with van der Waals surface area (Å²) in [6.07, 6.45) is 0.661. The average molecular weight is 211 g/mol. The standard InChI is InChI=1S/C10H17N3O2/c1-5-4-7(10(14)15)8-6(2)12-13(3)9(8)11-5/h5-7,11-12H,4H2,1-3H3,(H,14,15)/t5-,6?,7-/m0/s1. The number of hydrogen-bond donors (Lipinski definition) is 3. The van der Waals surface area contributed by atoms with E-state index in [1.165, 1.54) is 0 Å². The minimum atomic E-state index is -0.722. The molecule has 15 heavy (non-hydrogen) atoms. The molecule has 0 saturated carbocycles. The Bertz CT molecular complexity index is 327. The molecule has 2 aliphatic heterocycles. The second-order valence-electron chi connectivity index (χ2n) is 4.39. The molecule has 0 bridgehead atoms. The van der Waals surface area contributed by atoms with Gasteiger partial charge < -0.3 is 10.4 Å². The molecule has 0 aromatic heterocycles. The van der Waals surface area contributed by atoms with Crippen LogP contribution in [0.2, 0.25) is 0 Å². The molecule has 0 fully saturated rings. The highest BCUT2D eigenvalue weighted by atomic mass is 16.4. The molecular weight excluding hydrogens is 194 g/mol. The number of nitrogens with one attached hydrogen (secondary N) is 2. The summed E-state index contributed by atoms with van der Waals surface area (Å²) < 4.78 is 0. The van der Waals surface area contributed by atoms with Crippen molar-refractivity contribution >= 4 is 5.97 Å². The molecule has 0 aromatic carbocycles. The number of hydrazine groups is 1. The van der Waals surface area contributed by atoms with Crippen LogP contribution < -0.4 is 10.7 Å². The van der Waals surface area contributed by atoms with E-state index in [9.17, 15) is 9.90 Å². The van der Waals surface area contributed by atoms with Gasteiger partial charge in [0.05, 0.1) is 5.92 Å². The number of carbonyl (C=O) groups is 1. The summed E-state index contributed by atoms with van der Waals surface area (Å²) in [7, 11) is 1.91. The third kappa shape index (κ3) is 1.56. The maximum absolute atomic E-state index is 11.2. The van der Waals surface area contributed by atoms with Gasteiger partial charge in [-0.3, -0.25) is 9.80 Å². The third-order valence-corrected chi connectivity index (χ3v) is 3.11. The normalized spacial score (nSPS) is 35.1. The van der Waals surface area contributed by atoms with Crippen molar-refractivity contribution in [3.05, 3.63) is 11.4 Å². The van der Waals surface area contributed by atoms with Crippen LogP contribution in [0.5, 0.6) is 0 Å². The van der Waals surface area contributed by atoms with Crippen LogP contribution in [0, 0.1) is 5.92 Å². The molecule has 84 valence electrons. The van der Waals surface area contributed by atoms with Crippen molar-refractivity contribution < 1.29 is 9.90 Å². The highest BCUT2D eigenvalue weighted by Crippen LogP contribution is 2.32. The summed E-state index contributed by atoms with van der Waals surface area (Å²) in [6, 6.07) is 0.311. The van der Waals surface area contributed by atoms with Gasteiger partial charge in [-0.1, -0.05) is 0 Å². The number of carboxylic acids is 1. The smallest absolute Gasteiger partial charge is 0.310 e. The molecule has 1 unspecified atom stereocenters. The lowest BCUT2D eigenvalue weighted by Gasteiger charge is -2.30. The van der Waals surface area contributed by atoms with Gasteiger partial charge in [0.2, 0.25) is 0 Å². The largest absolute Gasteiger partial charge is 0.481 e. The first-order valence-electron chi connectivity index (χ1n) is 5.24. The fourth-order valence-electron chi connectivity index (χ4n) is 2.48. The Morgan fingerprint density at radius 1 is 1.53 bits per heavy atom. The summed E-state index contributed by atoms with van der Waals surface area (Å²) in [4.78, 5) is 11.2. The zero-order valence-corrected chi connectivity index (χ0v) is 9.24. The molecular formula is C10H17N3O2. The molecule has 3 atom stereocenters. The van der Waals surface area contributed by atoms with Gasteiger partial charge in [-0.2, -0.15) is 0 Å². The maximum Gasteiger partial charge on any atom is 0.310 e. The topological polar surface area (TPSA) is 64.6 Å². The van der Waals surface area contributed by atoms with Crippen molar-refractivity contribution in [1.29, 1.82) is 0 Å². The van der Waals surface area contributed by atoms with Gasteiger partial charge in [0.15, 0.2) is 0 Å². The SMILES string of the molecule is CC1NN(C)C2=C1[C@@H](C(=O)O)C[C@H](C)N2. The molecule has 5 heteroatoms. The lowest BCUT2D eigenvalue weighted by molar-refractivity contribution is -0.141. The van der Waals surface area contributed by atoms with Crippen molar-refractivity contribution in [1.82, 2.24) is 15.8 Å². The Hall–Kier alpha value is -1.23. The van der Waals surface area contributed by atoms with Crippen LogP contribution in [-0.4, -0.2) is 35.2 Å². The molecule has 3 N–H and O–H groups in total. The lowest BCUT2D eigenvalue weighted by Crippen LogP contribution is -2.41. The molecule has 0 spiro atoms. The number of hydrogen-bond acceptors (Lipinski definition) is 4. The van der Waals surface area contributed by atoms with Gasteiger partial charge >= 0.3 is 5.97 Å². The molecule has 0 aromatic rings. The Kier molecular flexibility index (Phi) is 2.34. The Morgan fingerprint density at radius 3 is 2.80 bits per heavy atom. The van der Waals surface area contributed by atoms with Crippen LogP contribution in [0.1, 0.15) is 20.3 Å². The molecule has 5 nitrogen and oxygen atoms in total. The van der Waals surface area contributed by atoms with Crippen LogP contribution in [-0.2, 0) is 4.79 Å². The monoisotopic (exact) mass is 211 g/mol. The van der Waals surface area contributed by atoms with Gasteiger partial charge in [0, 0.05) is 24.7 Å². The van der Waals surface area contributed by atoms with E-state index in [0.717, 1.165) is 11.4 Å². The predicted octanol–water partition coefficient (Wildman–Crippen LogP) is 0.119. The van der Waals surface area contributed by atoms with Crippen LogP contribution in [0.3, 0.4) is 0 Å². The van der Waals surface area contributed by atoms with Crippen molar-refractivity contribution in [2.75, 3.05) is 7.05 Å². The second-order valence-corrected chi connectivity index (χ2v) is 4.39. The highest BCUT2D eigenvalue weighted by molar-refractivity contribution is 5.75. The van der Waals surface area contributed by atoms with Gasteiger partial charge in [0.25, 0.3) is 0 Å². The second kappa shape index (κ2) is 3.41. The summed E-state index contributed by atoms with van der Waals surface area (Å²) in [6.45, 7) is 4.00. The van der Waals surface area contributed by atoms with E-state index in [1.807, 2.05) is 25.9 Å². The molecule has 0 radical (unpaired) electrons. The van der Waals surface area contributed by atoms with Crippen molar-refractivity contribution in [3.63, 3.8) is 0 Å². The first-order valence-corrected chi connectivity index (χ1v) is 5.24. The lowest BCUT2D eigenvalue weighted by atomic mass is 9.86.